The average Bonchev–Trinajstić information content (AvgIpc) is 2.62. The molecule has 7 heteroatoms. The van der Waals surface area contributed by atoms with E-state index in [1.54, 1.807) is 11.8 Å². The summed E-state index contributed by atoms with van der Waals surface area (Å²) >= 11 is 11.0. The molecule has 26 heavy (non-hydrogen) atoms. The minimum atomic E-state index is -0.818. The molecule has 0 aromatic heterocycles. The Bertz CT molecular complexity index is 727. The molecule has 0 radical (unpaired) electrons. The third kappa shape index (κ3) is 6.83. The molecule has 0 spiro atoms. The fourth-order valence-corrected chi connectivity index (χ4v) is 3.44. The van der Waals surface area contributed by atoms with Gasteiger partial charge in [-0.1, -0.05) is 29.8 Å². The van der Waals surface area contributed by atoms with Crippen molar-refractivity contribution in [2.24, 2.45) is 0 Å². The van der Waals surface area contributed by atoms with Crippen molar-refractivity contribution in [2.45, 2.75) is 25.6 Å². The monoisotopic (exact) mass is 457 g/mol. The van der Waals surface area contributed by atoms with Crippen LogP contribution < -0.4 is 10.1 Å². The van der Waals surface area contributed by atoms with E-state index in [2.05, 4.69) is 21.2 Å². The third-order valence-corrected chi connectivity index (χ3v) is 5.28. The number of hydrogen-bond acceptors (Lipinski definition) is 4. The van der Waals surface area contributed by atoms with Crippen molar-refractivity contribution in [1.82, 2.24) is 5.32 Å². The van der Waals surface area contributed by atoms with Crippen LogP contribution in [0.25, 0.3) is 0 Å². The number of benzene rings is 2. The van der Waals surface area contributed by atoms with E-state index in [0.717, 1.165) is 27.1 Å². The van der Waals surface area contributed by atoms with Crippen molar-refractivity contribution in [3.05, 3.63) is 63.1 Å². The van der Waals surface area contributed by atoms with Crippen molar-refractivity contribution >= 4 is 45.3 Å². The van der Waals surface area contributed by atoms with Crippen LogP contribution in [0.5, 0.6) is 5.75 Å². The van der Waals surface area contributed by atoms with Gasteiger partial charge in [0.25, 0.3) is 0 Å². The third-order valence-electron chi connectivity index (χ3n) is 3.77. The van der Waals surface area contributed by atoms with Crippen molar-refractivity contribution in [1.29, 1.82) is 0 Å². The molecular formula is C19H21BrClNO3S. The molecule has 1 unspecified atom stereocenters. The van der Waals surface area contributed by atoms with Gasteiger partial charge in [-0.25, -0.2) is 0 Å². The lowest BCUT2D eigenvalue weighted by Gasteiger charge is -2.15. The van der Waals surface area contributed by atoms with Crippen LogP contribution in [0.2, 0.25) is 5.02 Å². The molecule has 1 atom stereocenters. The molecule has 0 heterocycles. The number of carbonyl (C=O) groups is 1. The zero-order valence-corrected chi connectivity index (χ0v) is 17.5. The molecule has 0 bridgehead atoms. The van der Waals surface area contributed by atoms with E-state index in [4.69, 9.17) is 16.3 Å². The number of hydrogen-bond donors (Lipinski definition) is 2. The Kier molecular flexibility index (Phi) is 8.78. The first kappa shape index (κ1) is 21.1. The van der Waals surface area contributed by atoms with Crippen LogP contribution in [0.3, 0.4) is 0 Å². The van der Waals surface area contributed by atoms with E-state index in [9.17, 15) is 9.90 Å². The number of carboxylic acids is 1. The lowest BCUT2D eigenvalue weighted by Crippen LogP contribution is -2.36. The number of ether oxygens (including phenoxy) is 1. The first-order chi connectivity index (χ1) is 12.5. The minimum absolute atomic E-state index is 0.448. The van der Waals surface area contributed by atoms with Crippen LogP contribution in [-0.2, 0) is 17.9 Å². The molecule has 2 N–H and O–H groups in total. The quantitative estimate of drug-likeness (QED) is 0.526. The Morgan fingerprint density at radius 3 is 2.58 bits per heavy atom. The second-order valence-electron chi connectivity index (χ2n) is 5.73. The summed E-state index contributed by atoms with van der Waals surface area (Å²) in [5, 5.41) is 13.1. The van der Waals surface area contributed by atoms with Gasteiger partial charge in [0.1, 0.15) is 18.4 Å². The van der Waals surface area contributed by atoms with Crippen LogP contribution in [0.15, 0.2) is 46.9 Å². The predicted octanol–water partition coefficient (Wildman–Crippen LogP) is 4.98. The van der Waals surface area contributed by atoms with Gasteiger partial charge in [-0.05, 0) is 69.8 Å². The van der Waals surface area contributed by atoms with Gasteiger partial charge >= 0.3 is 5.97 Å². The zero-order chi connectivity index (χ0) is 18.9. The number of halogens is 2. The van der Waals surface area contributed by atoms with Gasteiger partial charge in [0, 0.05) is 11.6 Å². The number of carboxylic acid groups (broad SMARTS) is 1. The average molecular weight is 459 g/mol. The summed E-state index contributed by atoms with van der Waals surface area (Å²) in [5.74, 6) is 0.729. The van der Waals surface area contributed by atoms with Gasteiger partial charge in [0.2, 0.25) is 0 Å². The second-order valence-corrected chi connectivity index (χ2v) is 8.01. The van der Waals surface area contributed by atoms with Crippen LogP contribution in [0.1, 0.15) is 17.5 Å². The molecule has 0 fully saturated rings. The summed E-state index contributed by atoms with van der Waals surface area (Å²) < 4.78 is 6.66. The molecule has 0 saturated carbocycles. The Morgan fingerprint density at radius 2 is 1.96 bits per heavy atom. The molecule has 0 saturated heterocycles. The number of rotatable bonds is 10. The molecule has 2 rings (SSSR count). The molecule has 0 aliphatic rings. The number of thioether (sulfide) groups is 1. The van der Waals surface area contributed by atoms with E-state index in [1.807, 2.05) is 48.7 Å². The Labute approximate surface area is 171 Å². The lowest BCUT2D eigenvalue weighted by atomic mass is 10.1. The molecule has 2 aromatic carbocycles. The minimum Gasteiger partial charge on any atom is -0.488 e. The van der Waals surface area contributed by atoms with Gasteiger partial charge in [-0.2, -0.15) is 11.8 Å². The summed E-state index contributed by atoms with van der Waals surface area (Å²) in [5.41, 5.74) is 2.02. The largest absolute Gasteiger partial charge is 0.488 e. The summed E-state index contributed by atoms with van der Waals surface area (Å²) in [6.45, 7) is 0.935. The normalized spacial score (nSPS) is 12.0. The van der Waals surface area contributed by atoms with Gasteiger partial charge < -0.3 is 15.2 Å². The molecule has 0 amide bonds. The standard InChI is InChI=1S/C19H21BrClNO3S/c1-26-9-8-17(19(23)24)22-11-14-4-7-18(16(20)10-14)25-12-13-2-5-15(21)6-3-13/h2-7,10,17,22H,8-9,11-12H2,1H3,(H,23,24). The van der Waals surface area contributed by atoms with E-state index in [0.29, 0.717) is 24.6 Å². The van der Waals surface area contributed by atoms with Crippen molar-refractivity contribution < 1.29 is 14.6 Å². The first-order valence-corrected chi connectivity index (χ1v) is 10.7. The van der Waals surface area contributed by atoms with E-state index in [-0.39, 0.29) is 0 Å². The highest BCUT2D eigenvalue weighted by atomic mass is 79.9. The second kappa shape index (κ2) is 10.8. The zero-order valence-electron chi connectivity index (χ0n) is 14.4. The molecule has 0 aliphatic heterocycles. The maximum atomic E-state index is 11.3. The molecule has 0 aliphatic carbocycles. The summed E-state index contributed by atoms with van der Waals surface area (Å²) in [7, 11) is 0. The van der Waals surface area contributed by atoms with Crippen molar-refractivity contribution in [3.8, 4) is 5.75 Å². The van der Waals surface area contributed by atoms with Gasteiger partial charge in [-0.3, -0.25) is 4.79 Å². The van der Waals surface area contributed by atoms with Crippen LogP contribution in [0, 0.1) is 0 Å². The Balaban J connectivity index is 1.91. The van der Waals surface area contributed by atoms with Gasteiger partial charge in [0.05, 0.1) is 4.47 Å². The Hall–Kier alpha value is -1.21. The fraction of sp³-hybridized carbons (Fsp3) is 0.316. The van der Waals surface area contributed by atoms with E-state index < -0.39 is 12.0 Å². The van der Waals surface area contributed by atoms with E-state index >= 15 is 0 Å². The lowest BCUT2D eigenvalue weighted by molar-refractivity contribution is -0.139. The first-order valence-electron chi connectivity index (χ1n) is 8.10. The maximum absolute atomic E-state index is 11.3. The number of aliphatic carboxylic acids is 1. The highest BCUT2D eigenvalue weighted by Crippen LogP contribution is 2.27. The molecular weight excluding hydrogens is 438 g/mol. The smallest absolute Gasteiger partial charge is 0.320 e. The predicted molar refractivity (Wildman–Crippen MR) is 111 cm³/mol. The number of nitrogens with one attached hydrogen (secondary N) is 1. The topological polar surface area (TPSA) is 58.6 Å². The van der Waals surface area contributed by atoms with E-state index in [1.165, 1.54) is 0 Å². The Morgan fingerprint density at radius 1 is 1.27 bits per heavy atom. The van der Waals surface area contributed by atoms with Crippen molar-refractivity contribution in [3.63, 3.8) is 0 Å². The molecule has 140 valence electrons. The molecule has 4 nitrogen and oxygen atoms in total. The van der Waals surface area contributed by atoms with Crippen LogP contribution in [-0.4, -0.2) is 29.1 Å². The van der Waals surface area contributed by atoms with Gasteiger partial charge in [0.15, 0.2) is 0 Å². The van der Waals surface area contributed by atoms with Gasteiger partial charge in [-0.15, -0.1) is 0 Å². The summed E-state index contributed by atoms with van der Waals surface area (Å²) in [6.07, 6.45) is 2.57. The fourth-order valence-electron chi connectivity index (χ4n) is 2.30. The summed E-state index contributed by atoms with van der Waals surface area (Å²) in [4.78, 5) is 11.3. The highest BCUT2D eigenvalue weighted by molar-refractivity contribution is 9.10. The van der Waals surface area contributed by atoms with Crippen molar-refractivity contribution in [2.75, 3.05) is 12.0 Å². The SMILES string of the molecule is CSCCC(NCc1ccc(OCc2ccc(Cl)cc2)c(Br)c1)C(=O)O. The maximum Gasteiger partial charge on any atom is 0.320 e. The van der Waals surface area contributed by atoms with Crippen LogP contribution >= 0.6 is 39.3 Å². The van der Waals surface area contributed by atoms with Crippen LogP contribution in [0.4, 0.5) is 0 Å². The summed E-state index contributed by atoms with van der Waals surface area (Å²) in [6, 6.07) is 12.7. The molecule has 2 aromatic rings. The highest BCUT2D eigenvalue weighted by Gasteiger charge is 2.16.